The van der Waals surface area contributed by atoms with Crippen LogP contribution >= 0.6 is 0 Å². The van der Waals surface area contributed by atoms with Crippen LogP contribution in [0.1, 0.15) is 30.1 Å². The lowest BCUT2D eigenvalue weighted by Gasteiger charge is -2.34. The summed E-state index contributed by atoms with van der Waals surface area (Å²) in [5.41, 5.74) is 9.08. The molecule has 2 aliphatic rings. The second-order valence-electron chi connectivity index (χ2n) is 6.32. The number of nitrogens with one attached hydrogen (secondary N) is 1. The van der Waals surface area contributed by atoms with Gasteiger partial charge in [0.05, 0.1) is 11.3 Å². The minimum atomic E-state index is -0.975. The Bertz CT molecular complexity index is 800. The molecule has 2 aromatic rings. The first-order valence-electron chi connectivity index (χ1n) is 8.07. The summed E-state index contributed by atoms with van der Waals surface area (Å²) in [4.78, 5) is 16.2. The van der Waals surface area contributed by atoms with Crippen LogP contribution in [0.15, 0.2) is 36.5 Å². The van der Waals surface area contributed by atoms with Crippen LogP contribution < -0.4 is 11.1 Å². The Morgan fingerprint density at radius 3 is 2.83 bits per heavy atom. The fraction of sp³-hybridized carbons (Fsp3) is 0.333. The monoisotopic (exact) mass is 325 g/mol. The summed E-state index contributed by atoms with van der Waals surface area (Å²) in [5.74, 6) is -0.969. The number of pyridine rings is 1. The number of hydrogen-bond acceptors (Lipinski definition) is 5. The van der Waals surface area contributed by atoms with Crippen LogP contribution in [-0.2, 0) is 15.1 Å². The van der Waals surface area contributed by atoms with Crippen molar-refractivity contribution in [1.29, 1.82) is 0 Å². The summed E-state index contributed by atoms with van der Waals surface area (Å²) in [7, 11) is 0. The van der Waals surface area contributed by atoms with Crippen LogP contribution in [0.4, 0.5) is 5.69 Å². The highest BCUT2D eigenvalue weighted by molar-refractivity contribution is 5.82. The van der Waals surface area contributed by atoms with Crippen LogP contribution in [0.25, 0.3) is 11.3 Å². The van der Waals surface area contributed by atoms with E-state index in [2.05, 4.69) is 10.3 Å². The maximum absolute atomic E-state index is 11.9. The van der Waals surface area contributed by atoms with Crippen molar-refractivity contribution in [2.45, 2.75) is 24.5 Å². The topological polar surface area (TPSA) is 97.5 Å². The van der Waals surface area contributed by atoms with Crippen molar-refractivity contribution in [1.82, 2.24) is 10.3 Å². The number of ether oxygens (including phenoxy) is 1. The van der Waals surface area contributed by atoms with Crippen LogP contribution in [-0.4, -0.2) is 29.1 Å². The lowest BCUT2D eigenvalue weighted by molar-refractivity contribution is -0.164. The summed E-state index contributed by atoms with van der Waals surface area (Å²) < 4.78 is 6.12. The largest absolute Gasteiger partial charge is 0.479 e. The minimum absolute atomic E-state index is 0.528. The van der Waals surface area contributed by atoms with Gasteiger partial charge < -0.3 is 20.9 Å². The van der Waals surface area contributed by atoms with Crippen molar-refractivity contribution in [3.05, 3.63) is 47.7 Å². The van der Waals surface area contributed by atoms with Gasteiger partial charge in [-0.1, -0.05) is 18.2 Å². The highest BCUT2D eigenvalue weighted by Crippen LogP contribution is 2.51. The average Bonchev–Trinajstić information content (AvgIpc) is 2.90. The first-order valence-corrected chi connectivity index (χ1v) is 8.07. The molecule has 4 N–H and O–H groups in total. The van der Waals surface area contributed by atoms with Gasteiger partial charge in [0.2, 0.25) is 0 Å². The molecule has 0 aliphatic carbocycles. The lowest BCUT2D eigenvalue weighted by atomic mass is 9.82. The summed E-state index contributed by atoms with van der Waals surface area (Å²) in [6.45, 7) is 1.62. The Morgan fingerprint density at radius 1 is 1.33 bits per heavy atom. The van der Waals surface area contributed by atoms with E-state index in [-0.39, 0.29) is 0 Å². The van der Waals surface area contributed by atoms with Crippen LogP contribution in [0.3, 0.4) is 0 Å². The molecule has 1 spiro atoms. The van der Waals surface area contributed by atoms with Gasteiger partial charge in [-0.3, -0.25) is 4.98 Å². The molecule has 6 heteroatoms. The molecule has 0 saturated carbocycles. The zero-order valence-corrected chi connectivity index (χ0v) is 13.2. The minimum Gasteiger partial charge on any atom is -0.479 e. The Hall–Kier alpha value is -2.44. The van der Waals surface area contributed by atoms with Crippen LogP contribution in [0.5, 0.6) is 0 Å². The molecule has 1 saturated heterocycles. The Morgan fingerprint density at radius 2 is 2.12 bits per heavy atom. The van der Waals surface area contributed by atoms with Crippen molar-refractivity contribution in [2.24, 2.45) is 0 Å². The molecule has 3 heterocycles. The molecule has 1 unspecified atom stereocenters. The third-order valence-electron chi connectivity index (χ3n) is 4.90. The number of aromatic nitrogens is 1. The van der Waals surface area contributed by atoms with Crippen molar-refractivity contribution in [2.75, 3.05) is 18.8 Å². The van der Waals surface area contributed by atoms with Crippen molar-refractivity contribution < 1.29 is 14.6 Å². The van der Waals surface area contributed by atoms with Gasteiger partial charge in [-0.05, 0) is 43.6 Å². The highest BCUT2D eigenvalue weighted by atomic mass is 16.5. The van der Waals surface area contributed by atoms with Gasteiger partial charge in [-0.2, -0.15) is 0 Å². The number of carbonyl (C=O) groups is 1. The van der Waals surface area contributed by atoms with Gasteiger partial charge in [0.15, 0.2) is 6.10 Å². The number of piperidine rings is 1. The predicted octanol–water partition coefficient (Wildman–Crippen LogP) is 2.07. The number of hydrogen-bond donors (Lipinski definition) is 3. The molecule has 0 amide bonds. The van der Waals surface area contributed by atoms with Crippen LogP contribution in [0, 0.1) is 0 Å². The Kier molecular flexibility index (Phi) is 3.51. The number of nitrogen functional groups attached to an aromatic ring is 1. The molecule has 0 bridgehead atoms. The second-order valence-corrected chi connectivity index (χ2v) is 6.32. The van der Waals surface area contributed by atoms with E-state index in [9.17, 15) is 9.90 Å². The van der Waals surface area contributed by atoms with Crippen molar-refractivity contribution >= 4 is 11.7 Å². The molecular formula is C18H19N3O3. The molecule has 124 valence electrons. The summed E-state index contributed by atoms with van der Waals surface area (Å²) in [6.07, 6.45) is 2.18. The number of nitrogens with two attached hydrogens (primary N) is 1. The number of carboxylic acid groups (broad SMARTS) is 1. The number of aliphatic carboxylic acids is 1. The lowest BCUT2D eigenvalue weighted by Crippen LogP contribution is -2.40. The SMILES string of the molecule is Nc1ccnc(-c2cccc3c2C(C(=O)O)OC32CCNCC2)c1. The average molecular weight is 325 g/mol. The fourth-order valence-electron chi connectivity index (χ4n) is 3.80. The maximum atomic E-state index is 11.9. The van der Waals surface area contributed by atoms with E-state index >= 15 is 0 Å². The van der Waals surface area contributed by atoms with Gasteiger partial charge in [0, 0.05) is 23.0 Å². The third kappa shape index (κ3) is 2.26. The van der Waals surface area contributed by atoms with E-state index in [1.165, 1.54) is 0 Å². The molecule has 0 radical (unpaired) electrons. The number of carboxylic acids is 1. The molecule has 1 fully saturated rings. The zero-order chi connectivity index (χ0) is 16.7. The molecule has 1 atom stereocenters. The number of fused-ring (bicyclic) bond motifs is 2. The van der Waals surface area contributed by atoms with E-state index < -0.39 is 17.7 Å². The number of nitrogens with zero attached hydrogens (tertiary/aromatic N) is 1. The van der Waals surface area contributed by atoms with Gasteiger partial charge in [-0.25, -0.2) is 4.79 Å². The summed E-state index contributed by atoms with van der Waals surface area (Å²) >= 11 is 0. The number of rotatable bonds is 2. The Balaban J connectivity index is 1.92. The van der Waals surface area contributed by atoms with Crippen molar-refractivity contribution in [3.63, 3.8) is 0 Å². The van der Waals surface area contributed by atoms with Gasteiger partial charge in [0.1, 0.15) is 0 Å². The van der Waals surface area contributed by atoms with E-state index in [1.54, 1.807) is 18.3 Å². The predicted molar refractivity (Wildman–Crippen MR) is 89.3 cm³/mol. The number of anilines is 1. The highest BCUT2D eigenvalue weighted by Gasteiger charge is 2.49. The molecule has 4 rings (SSSR count). The zero-order valence-electron chi connectivity index (χ0n) is 13.2. The van der Waals surface area contributed by atoms with Crippen molar-refractivity contribution in [3.8, 4) is 11.3 Å². The fourth-order valence-corrected chi connectivity index (χ4v) is 3.80. The molecule has 1 aromatic carbocycles. The molecule has 24 heavy (non-hydrogen) atoms. The summed E-state index contributed by atoms with van der Waals surface area (Å²) in [6, 6.07) is 9.30. The maximum Gasteiger partial charge on any atom is 0.337 e. The molecule has 6 nitrogen and oxygen atoms in total. The van der Waals surface area contributed by atoms with Crippen LogP contribution in [0.2, 0.25) is 0 Å². The molecule has 1 aromatic heterocycles. The standard InChI is InChI=1S/C18H19N3O3/c19-11-4-7-21-14(10-11)12-2-1-3-13-15(12)16(17(22)23)24-18(13)5-8-20-9-6-18/h1-4,7,10,16,20H,5-6,8-9H2,(H2,19,21)(H,22,23). The van der Waals surface area contributed by atoms with Gasteiger partial charge in [0.25, 0.3) is 0 Å². The van der Waals surface area contributed by atoms with Gasteiger partial charge in [-0.15, -0.1) is 0 Å². The van der Waals surface area contributed by atoms with E-state index in [0.717, 1.165) is 37.1 Å². The molecular weight excluding hydrogens is 306 g/mol. The smallest absolute Gasteiger partial charge is 0.337 e. The quantitative estimate of drug-likeness (QED) is 0.782. The van der Waals surface area contributed by atoms with E-state index in [4.69, 9.17) is 10.5 Å². The van der Waals surface area contributed by atoms with E-state index in [0.29, 0.717) is 16.9 Å². The third-order valence-corrected chi connectivity index (χ3v) is 4.90. The first-order chi connectivity index (χ1) is 11.6. The van der Waals surface area contributed by atoms with E-state index in [1.807, 2.05) is 18.2 Å². The molecule has 2 aliphatic heterocycles. The second kappa shape index (κ2) is 5.58. The normalized spacial score (nSPS) is 21.6. The number of benzene rings is 1. The summed E-state index contributed by atoms with van der Waals surface area (Å²) in [5, 5.41) is 13.0. The van der Waals surface area contributed by atoms with Gasteiger partial charge >= 0.3 is 5.97 Å². The first kappa shape index (κ1) is 15.1. The Labute approximate surface area is 139 Å².